The molecule has 0 aromatic carbocycles. The van der Waals surface area contributed by atoms with Crippen LogP contribution in [0.3, 0.4) is 0 Å². The maximum atomic E-state index is 9.77. The lowest BCUT2D eigenvalue weighted by molar-refractivity contribution is 0.146. The van der Waals surface area contributed by atoms with Gasteiger partial charge in [0, 0.05) is 36.6 Å². The third kappa shape index (κ3) is 3.92. The van der Waals surface area contributed by atoms with Crippen molar-refractivity contribution in [1.82, 2.24) is 20.1 Å². The van der Waals surface area contributed by atoms with E-state index in [2.05, 4.69) is 15.4 Å². The van der Waals surface area contributed by atoms with E-state index in [0.717, 1.165) is 11.6 Å². The summed E-state index contributed by atoms with van der Waals surface area (Å²) in [5.74, 6) is 0. The molecule has 2 rings (SSSR count). The molecule has 0 aliphatic rings. The normalized spacial score (nSPS) is 12.8. The molecule has 0 radical (unpaired) electrons. The van der Waals surface area contributed by atoms with Crippen molar-refractivity contribution in [2.24, 2.45) is 0 Å². The summed E-state index contributed by atoms with van der Waals surface area (Å²) in [6, 6.07) is 1.85. The Labute approximate surface area is 104 Å². The number of aryl methyl sites for hydroxylation is 1. The monoisotopic (exact) mass is 252 g/mol. The van der Waals surface area contributed by atoms with Crippen LogP contribution in [0.2, 0.25) is 0 Å². The van der Waals surface area contributed by atoms with E-state index in [1.807, 2.05) is 25.4 Å². The zero-order valence-corrected chi connectivity index (χ0v) is 10.5. The first kappa shape index (κ1) is 12.2. The van der Waals surface area contributed by atoms with Gasteiger partial charge in [-0.05, 0) is 13.0 Å². The van der Waals surface area contributed by atoms with Crippen molar-refractivity contribution < 1.29 is 5.11 Å². The third-order valence-electron chi connectivity index (χ3n) is 2.31. The molecule has 0 amide bonds. The van der Waals surface area contributed by atoms with Gasteiger partial charge in [0.15, 0.2) is 0 Å². The lowest BCUT2D eigenvalue weighted by Gasteiger charge is -2.11. The summed E-state index contributed by atoms with van der Waals surface area (Å²) in [4.78, 5) is 5.37. The first-order valence-corrected chi connectivity index (χ1v) is 6.33. The molecule has 1 unspecified atom stereocenters. The summed E-state index contributed by atoms with van der Waals surface area (Å²) in [5, 5.41) is 18.1. The molecule has 0 aliphatic heterocycles. The van der Waals surface area contributed by atoms with E-state index < -0.39 is 6.10 Å². The molecule has 0 saturated carbocycles. The summed E-state index contributed by atoms with van der Waals surface area (Å²) in [6.07, 6.45) is 4.99. The minimum Gasteiger partial charge on any atom is -0.390 e. The van der Waals surface area contributed by atoms with Gasteiger partial charge >= 0.3 is 0 Å². The summed E-state index contributed by atoms with van der Waals surface area (Å²) < 4.78 is 1.73. The average molecular weight is 252 g/mol. The highest BCUT2D eigenvalue weighted by Gasteiger charge is 2.05. The van der Waals surface area contributed by atoms with Crippen LogP contribution < -0.4 is 5.32 Å². The smallest absolute Gasteiger partial charge is 0.0897 e. The van der Waals surface area contributed by atoms with Crippen molar-refractivity contribution in [3.8, 4) is 0 Å². The van der Waals surface area contributed by atoms with Gasteiger partial charge in [0.25, 0.3) is 0 Å². The quantitative estimate of drug-likeness (QED) is 0.798. The van der Waals surface area contributed by atoms with E-state index >= 15 is 0 Å². The third-order valence-corrected chi connectivity index (χ3v) is 3.22. The van der Waals surface area contributed by atoms with Crippen LogP contribution in [0.5, 0.6) is 0 Å². The topological polar surface area (TPSA) is 63.0 Å². The number of nitrogens with one attached hydrogen (secondary N) is 1. The predicted octanol–water partition coefficient (Wildman–Crippen LogP) is 0.799. The van der Waals surface area contributed by atoms with Crippen molar-refractivity contribution in [2.45, 2.75) is 26.1 Å². The van der Waals surface area contributed by atoms with Crippen molar-refractivity contribution in [2.75, 3.05) is 6.54 Å². The number of aliphatic hydroxyl groups is 1. The van der Waals surface area contributed by atoms with Gasteiger partial charge in [-0.15, -0.1) is 11.3 Å². The largest absolute Gasteiger partial charge is 0.390 e. The minimum absolute atomic E-state index is 0.427. The van der Waals surface area contributed by atoms with Crippen molar-refractivity contribution >= 4 is 11.3 Å². The van der Waals surface area contributed by atoms with Gasteiger partial charge in [-0.3, -0.25) is 4.68 Å². The number of nitrogens with zero attached hydrogens (tertiary/aromatic N) is 3. The van der Waals surface area contributed by atoms with E-state index in [1.54, 1.807) is 22.2 Å². The predicted molar refractivity (Wildman–Crippen MR) is 66.8 cm³/mol. The number of hydrogen-bond donors (Lipinski definition) is 2. The van der Waals surface area contributed by atoms with Crippen LogP contribution in [-0.2, 0) is 13.1 Å². The van der Waals surface area contributed by atoms with E-state index in [0.29, 0.717) is 13.1 Å². The van der Waals surface area contributed by atoms with Crippen LogP contribution in [0.1, 0.15) is 9.88 Å². The second-order valence-corrected chi connectivity index (χ2v) is 5.18. The molecule has 2 N–H and O–H groups in total. The van der Waals surface area contributed by atoms with Gasteiger partial charge in [-0.2, -0.15) is 5.10 Å². The number of hydrogen-bond acceptors (Lipinski definition) is 5. The first-order chi connectivity index (χ1) is 8.24. The summed E-state index contributed by atoms with van der Waals surface area (Å²) in [5.41, 5.74) is 0. The molecule has 6 heteroatoms. The second-order valence-electron chi connectivity index (χ2n) is 3.86. The fourth-order valence-electron chi connectivity index (χ4n) is 1.54. The molecular weight excluding hydrogens is 236 g/mol. The summed E-state index contributed by atoms with van der Waals surface area (Å²) in [6.45, 7) is 3.81. The Hall–Kier alpha value is -1.24. The zero-order chi connectivity index (χ0) is 12.1. The maximum Gasteiger partial charge on any atom is 0.0897 e. The second kappa shape index (κ2) is 5.90. The average Bonchev–Trinajstić information content (AvgIpc) is 2.90. The SMILES string of the molecule is Cc1ncc(CNCC(O)Cn2cccn2)s1. The zero-order valence-electron chi connectivity index (χ0n) is 9.71. The number of thiazole rings is 1. The Kier molecular flexibility index (Phi) is 4.24. The van der Waals surface area contributed by atoms with Crippen LogP contribution in [0.15, 0.2) is 24.7 Å². The van der Waals surface area contributed by atoms with Crippen LogP contribution >= 0.6 is 11.3 Å². The molecule has 0 fully saturated rings. The van der Waals surface area contributed by atoms with Crippen molar-refractivity contribution in [3.63, 3.8) is 0 Å². The van der Waals surface area contributed by atoms with Crippen LogP contribution in [0.25, 0.3) is 0 Å². The molecule has 0 bridgehead atoms. The fourth-order valence-corrected chi connectivity index (χ4v) is 2.30. The maximum absolute atomic E-state index is 9.77. The van der Waals surface area contributed by atoms with E-state index in [9.17, 15) is 5.11 Å². The highest BCUT2D eigenvalue weighted by Crippen LogP contribution is 2.10. The molecule has 17 heavy (non-hydrogen) atoms. The molecular formula is C11H16N4OS. The molecule has 0 saturated heterocycles. The van der Waals surface area contributed by atoms with Crippen LogP contribution in [-0.4, -0.2) is 32.5 Å². The number of aromatic nitrogens is 3. The molecule has 2 aromatic rings. The van der Waals surface area contributed by atoms with E-state index in [4.69, 9.17) is 0 Å². The van der Waals surface area contributed by atoms with E-state index in [-0.39, 0.29) is 0 Å². The number of rotatable bonds is 6. The molecule has 0 aliphatic carbocycles. The Bertz CT molecular complexity index is 440. The Morgan fingerprint density at radius 3 is 3.12 bits per heavy atom. The summed E-state index contributed by atoms with van der Waals surface area (Å²) >= 11 is 1.67. The Morgan fingerprint density at radius 1 is 1.59 bits per heavy atom. The lowest BCUT2D eigenvalue weighted by Crippen LogP contribution is -2.29. The van der Waals surface area contributed by atoms with Gasteiger partial charge in [0.2, 0.25) is 0 Å². The molecule has 2 heterocycles. The van der Waals surface area contributed by atoms with Crippen LogP contribution in [0, 0.1) is 6.92 Å². The van der Waals surface area contributed by atoms with Gasteiger partial charge in [0.1, 0.15) is 0 Å². The fraction of sp³-hybridized carbons (Fsp3) is 0.455. The molecule has 1 atom stereocenters. The van der Waals surface area contributed by atoms with Gasteiger partial charge in [-0.25, -0.2) is 4.98 Å². The lowest BCUT2D eigenvalue weighted by atomic mass is 10.3. The van der Waals surface area contributed by atoms with Gasteiger partial charge < -0.3 is 10.4 Å². The Morgan fingerprint density at radius 2 is 2.47 bits per heavy atom. The van der Waals surface area contributed by atoms with Gasteiger partial charge in [-0.1, -0.05) is 0 Å². The van der Waals surface area contributed by atoms with Crippen LogP contribution in [0.4, 0.5) is 0 Å². The van der Waals surface area contributed by atoms with E-state index in [1.165, 1.54) is 4.88 Å². The molecule has 0 spiro atoms. The number of aliphatic hydroxyl groups excluding tert-OH is 1. The highest BCUT2D eigenvalue weighted by molar-refractivity contribution is 7.11. The van der Waals surface area contributed by atoms with Gasteiger partial charge in [0.05, 0.1) is 17.7 Å². The standard InChI is InChI=1S/C11H16N4OS/c1-9-13-7-11(17-9)6-12-5-10(16)8-15-4-2-3-14-15/h2-4,7,10,12,16H,5-6,8H2,1H3. The molecule has 92 valence electrons. The van der Waals surface area contributed by atoms with Crippen molar-refractivity contribution in [3.05, 3.63) is 34.5 Å². The van der Waals surface area contributed by atoms with Crippen molar-refractivity contribution in [1.29, 1.82) is 0 Å². The summed E-state index contributed by atoms with van der Waals surface area (Å²) in [7, 11) is 0. The molecule has 5 nitrogen and oxygen atoms in total. The molecule has 2 aromatic heterocycles. The Balaban J connectivity index is 1.68. The first-order valence-electron chi connectivity index (χ1n) is 5.51. The highest BCUT2D eigenvalue weighted by atomic mass is 32.1. The minimum atomic E-state index is -0.427.